The summed E-state index contributed by atoms with van der Waals surface area (Å²) < 4.78 is 0. The average Bonchev–Trinajstić information content (AvgIpc) is 2.54. The molecule has 4 nitrogen and oxygen atoms in total. The van der Waals surface area contributed by atoms with Crippen LogP contribution in [0.1, 0.15) is 52.1 Å². The predicted octanol–water partition coefficient (Wildman–Crippen LogP) is 3.15. The summed E-state index contributed by atoms with van der Waals surface area (Å²) in [7, 11) is 0. The van der Waals surface area contributed by atoms with Crippen molar-refractivity contribution in [2.24, 2.45) is 11.3 Å². The molecule has 4 heteroatoms. The van der Waals surface area contributed by atoms with Crippen LogP contribution in [-0.2, 0) is 9.59 Å². The number of nitrogens with one attached hydrogen (secondary N) is 1. The van der Waals surface area contributed by atoms with Gasteiger partial charge in [-0.25, -0.2) is 0 Å². The Kier molecular flexibility index (Phi) is 5.45. The average molecular weight is 316 g/mol. The van der Waals surface area contributed by atoms with Gasteiger partial charge in [-0.3, -0.25) is 9.59 Å². The van der Waals surface area contributed by atoms with Gasteiger partial charge in [0.15, 0.2) is 0 Å². The summed E-state index contributed by atoms with van der Waals surface area (Å²) in [6.45, 7) is 9.17. The molecule has 0 aromatic heterocycles. The van der Waals surface area contributed by atoms with Crippen molar-refractivity contribution < 1.29 is 9.59 Å². The molecule has 1 saturated heterocycles. The lowest BCUT2D eigenvalue weighted by Crippen LogP contribution is -2.46. The molecule has 0 bridgehead atoms. The molecule has 2 rings (SSSR count). The maximum absolute atomic E-state index is 12.4. The van der Waals surface area contributed by atoms with Crippen molar-refractivity contribution in [3.05, 3.63) is 35.9 Å². The third-order valence-electron chi connectivity index (χ3n) is 4.45. The molecule has 1 heterocycles. The van der Waals surface area contributed by atoms with Crippen molar-refractivity contribution in [3.8, 4) is 0 Å². The zero-order valence-corrected chi connectivity index (χ0v) is 14.6. The second kappa shape index (κ2) is 7.16. The summed E-state index contributed by atoms with van der Waals surface area (Å²) in [6, 6.07) is 9.99. The van der Waals surface area contributed by atoms with Crippen molar-refractivity contribution in [2.45, 2.75) is 46.6 Å². The minimum atomic E-state index is -0.350. The third kappa shape index (κ3) is 4.57. The maximum Gasteiger partial charge on any atom is 0.227 e. The van der Waals surface area contributed by atoms with Gasteiger partial charge in [0.25, 0.3) is 0 Å². The number of rotatable bonds is 3. The summed E-state index contributed by atoms with van der Waals surface area (Å²) in [5.74, 6) is 0.281. The quantitative estimate of drug-likeness (QED) is 0.931. The molecule has 0 saturated carbocycles. The summed E-state index contributed by atoms with van der Waals surface area (Å²) >= 11 is 0. The molecule has 1 N–H and O–H groups in total. The first-order valence-electron chi connectivity index (χ1n) is 8.43. The lowest BCUT2D eigenvalue weighted by molar-refractivity contribution is -0.142. The van der Waals surface area contributed by atoms with Crippen LogP contribution in [0.25, 0.3) is 0 Å². The van der Waals surface area contributed by atoms with E-state index in [0.717, 1.165) is 18.4 Å². The Morgan fingerprint density at radius 1 is 1.13 bits per heavy atom. The van der Waals surface area contributed by atoms with Crippen LogP contribution in [0, 0.1) is 11.3 Å². The highest BCUT2D eigenvalue weighted by molar-refractivity contribution is 5.82. The zero-order valence-electron chi connectivity index (χ0n) is 14.6. The molecule has 1 aliphatic heterocycles. The predicted molar refractivity (Wildman–Crippen MR) is 91.8 cm³/mol. The molecular weight excluding hydrogens is 288 g/mol. The van der Waals surface area contributed by atoms with Gasteiger partial charge in [-0.05, 0) is 25.3 Å². The van der Waals surface area contributed by atoms with Crippen LogP contribution < -0.4 is 5.32 Å². The third-order valence-corrected chi connectivity index (χ3v) is 4.45. The number of likely N-dealkylation sites (tertiary alicyclic amines) is 1. The minimum Gasteiger partial charge on any atom is -0.349 e. The molecule has 1 aromatic carbocycles. The molecule has 23 heavy (non-hydrogen) atoms. The SMILES string of the molecule is C[C@H](NC(=O)C1CCN(C(=O)C(C)(C)C)CC1)c1ccccc1. The molecule has 126 valence electrons. The number of amides is 2. The monoisotopic (exact) mass is 316 g/mol. The Bertz CT molecular complexity index is 540. The molecule has 2 amide bonds. The van der Waals surface area contributed by atoms with Crippen LogP contribution in [0.4, 0.5) is 0 Å². The van der Waals surface area contributed by atoms with Crippen molar-refractivity contribution in [3.63, 3.8) is 0 Å². The van der Waals surface area contributed by atoms with Gasteiger partial charge in [-0.15, -0.1) is 0 Å². The van der Waals surface area contributed by atoms with E-state index in [1.165, 1.54) is 0 Å². The van der Waals surface area contributed by atoms with Gasteiger partial charge in [0.05, 0.1) is 6.04 Å². The van der Waals surface area contributed by atoms with Crippen molar-refractivity contribution in [1.82, 2.24) is 10.2 Å². The van der Waals surface area contributed by atoms with E-state index in [0.29, 0.717) is 13.1 Å². The van der Waals surface area contributed by atoms with Crippen LogP contribution in [0.3, 0.4) is 0 Å². The van der Waals surface area contributed by atoms with Crippen LogP contribution >= 0.6 is 0 Å². The van der Waals surface area contributed by atoms with E-state index < -0.39 is 0 Å². The molecule has 1 aromatic rings. The topological polar surface area (TPSA) is 49.4 Å². The maximum atomic E-state index is 12.4. The standard InChI is InChI=1S/C19H28N2O2/c1-14(15-8-6-5-7-9-15)20-17(22)16-10-12-21(13-11-16)18(23)19(2,3)4/h5-9,14,16H,10-13H2,1-4H3,(H,20,22)/t14-/m0/s1. The highest BCUT2D eigenvalue weighted by Crippen LogP contribution is 2.24. The van der Waals surface area contributed by atoms with Gasteiger partial charge >= 0.3 is 0 Å². The number of piperidine rings is 1. The van der Waals surface area contributed by atoms with Gasteiger partial charge in [-0.1, -0.05) is 51.1 Å². The van der Waals surface area contributed by atoms with E-state index >= 15 is 0 Å². The molecule has 0 aliphatic carbocycles. The van der Waals surface area contributed by atoms with E-state index in [2.05, 4.69) is 5.32 Å². The Morgan fingerprint density at radius 2 is 1.70 bits per heavy atom. The molecule has 0 radical (unpaired) electrons. The van der Waals surface area contributed by atoms with E-state index in [1.807, 2.05) is 62.9 Å². The van der Waals surface area contributed by atoms with Gasteiger partial charge in [0.1, 0.15) is 0 Å². The van der Waals surface area contributed by atoms with Crippen molar-refractivity contribution in [2.75, 3.05) is 13.1 Å². The second-order valence-corrected chi connectivity index (χ2v) is 7.46. The summed E-state index contributed by atoms with van der Waals surface area (Å²) in [6.07, 6.45) is 1.49. The van der Waals surface area contributed by atoms with Crippen molar-refractivity contribution in [1.29, 1.82) is 0 Å². The number of benzene rings is 1. The van der Waals surface area contributed by atoms with Gasteiger partial charge in [0.2, 0.25) is 11.8 Å². The van der Waals surface area contributed by atoms with Crippen LogP contribution in [0.15, 0.2) is 30.3 Å². The smallest absolute Gasteiger partial charge is 0.227 e. The normalized spacial score (nSPS) is 17.7. The van der Waals surface area contributed by atoms with Gasteiger partial charge in [-0.2, -0.15) is 0 Å². The first-order chi connectivity index (χ1) is 10.8. The first-order valence-corrected chi connectivity index (χ1v) is 8.43. The highest BCUT2D eigenvalue weighted by Gasteiger charge is 2.32. The molecule has 1 aliphatic rings. The number of hydrogen-bond donors (Lipinski definition) is 1. The molecule has 0 spiro atoms. The van der Waals surface area contributed by atoms with Crippen LogP contribution in [-0.4, -0.2) is 29.8 Å². The summed E-state index contributed by atoms with van der Waals surface area (Å²) in [5, 5.41) is 3.10. The van der Waals surface area contributed by atoms with E-state index in [1.54, 1.807) is 0 Å². The fourth-order valence-electron chi connectivity index (χ4n) is 2.98. The Balaban J connectivity index is 1.85. The lowest BCUT2D eigenvalue weighted by atomic mass is 9.90. The van der Waals surface area contributed by atoms with Gasteiger partial charge < -0.3 is 10.2 Å². The highest BCUT2D eigenvalue weighted by atomic mass is 16.2. The van der Waals surface area contributed by atoms with Crippen LogP contribution in [0.2, 0.25) is 0 Å². The van der Waals surface area contributed by atoms with Gasteiger partial charge in [0, 0.05) is 24.4 Å². The fourth-order valence-corrected chi connectivity index (χ4v) is 2.98. The Hall–Kier alpha value is -1.84. The molecule has 1 fully saturated rings. The molecule has 0 unspecified atom stereocenters. The van der Waals surface area contributed by atoms with E-state index in [9.17, 15) is 9.59 Å². The Morgan fingerprint density at radius 3 is 2.22 bits per heavy atom. The zero-order chi connectivity index (χ0) is 17.0. The number of carbonyl (C=O) groups is 2. The molecular formula is C19H28N2O2. The van der Waals surface area contributed by atoms with Crippen LogP contribution in [0.5, 0.6) is 0 Å². The van der Waals surface area contributed by atoms with Crippen molar-refractivity contribution >= 4 is 11.8 Å². The minimum absolute atomic E-state index is 0.00480. The largest absolute Gasteiger partial charge is 0.349 e. The van der Waals surface area contributed by atoms with E-state index in [4.69, 9.17) is 0 Å². The number of hydrogen-bond acceptors (Lipinski definition) is 2. The fraction of sp³-hybridized carbons (Fsp3) is 0.579. The molecule has 1 atom stereocenters. The van der Waals surface area contributed by atoms with E-state index in [-0.39, 0.29) is 29.2 Å². The Labute approximate surface area is 139 Å². The first kappa shape index (κ1) is 17.5. The summed E-state index contributed by atoms with van der Waals surface area (Å²) in [4.78, 5) is 26.6. The number of nitrogens with zero attached hydrogens (tertiary/aromatic N) is 1. The summed E-state index contributed by atoms with van der Waals surface area (Å²) in [5.41, 5.74) is 0.762. The lowest BCUT2D eigenvalue weighted by Gasteiger charge is -2.35. The number of carbonyl (C=O) groups excluding carboxylic acids is 2. The second-order valence-electron chi connectivity index (χ2n) is 7.46.